The van der Waals surface area contributed by atoms with Gasteiger partial charge in [-0.3, -0.25) is 4.40 Å². The second-order valence-corrected chi connectivity index (χ2v) is 10.4. The van der Waals surface area contributed by atoms with Gasteiger partial charge in [0, 0.05) is 24.5 Å². The molecule has 0 amide bonds. The minimum Gasteiger partial charge on any atom is -0.348 e. The molecule has 228 valence electrons. The quantitative estimate of drug-likeness (QED) is 0.179. The average Bonchev–Trinajstić information content (AvgIpc) is 3.45. The van der Waals surface area contributed by atoms with Crippen LogP contribution in [0.1, 0.15) is 44.4 Å². The predicted octanol–water partition coefficient (Wildman–Crippen LogP) is 7.26. The summed E-state index contributed by atoms with van der Waals surface area (Å²) in [5, 5.41) is 3.41. The molecule has 7 heteroatoms. The minimum absolute atomic E-state index is 0.0397. The molecule has 1 N–H and O–H groups in total. The lowest BCUT2D eigenvalue weighted by Gasteiger charge is -2.16. The molecule has 0 radical (unpaired) electrons. The number of imidazole rings is 1. The molecule has 1 atom stereocenters. The second-order valence-electron chi connectivity index (χ2n) is 10.4. The smallest absolute Gasteiger partial charge is 0.223 e. The first kappa shape index (κ1) is 33.0. The van der Waals surface area contributed by atoms with E-state index in [0.29, 0.717) is 5.95 Å². The summed E-state index contributed by atoms with van der Waals surface area (Å²) in [6.45, 7) is 7.85. The van der Waals surface area contributed by atoms with Crippen LogP contribution in [0, 0.1) is 53.7 Å². The topological polar surface area (TPSA) is 58.4 Å². The molecular formula is C39H35FN6. The van der Waals surface area contributed by atoms with Gasteiger partial charge in [-0.1, -0.05) is 43.2 Å². The van der Waals surface area contributed by atoms with E-state index in [0.717, 1.165) is 53.4 Å². The van der Waals surface area contributed by atoms with E-state index in [1.54, 1.807) is 25.3 Å². The number of rotatable bonds is 9. The summed E-state index contributed by atoms with van der Waals surface area (Å²) in [7, 11) is 2.13. The Labute approximate surface area is 271 Å². The van der Waals surface area contributed by atoms with Gasteiger partial charge < -0.3 is 10.2 Å². The predicted molar refractivity (Wildman–Crippen MR) is 185 cm³/mol. The number of nitrogens with zero attached hydrogens (tertiary/aromatic N) is 5. The van der Waals surface area contributed by atoms with Crippen LogP contribution in [0.3, 0.4) is 0 Å². The summed E-state index contributed by atoms with van der Waals surface area (Å²) >= 11 is 0. The molecule has 0 saturated heterocycles. The molecule has 0 bridgehead atoms. The van der Waals surface area contributed by atoms with Crippen molar-refractivity contribution in [2.75, 3.05) is 18.9 Å². The second kappa shape index (κ2) is 16.8. The fourth-order valence-corrected chi connectivity index (χ4v) is 4.78. The largest absolute Gasteiger partial charge is 0.348 e. The van der Waals surface area contributed by atoms with Crippen LogP contribution in [-0.2, 0) is 6.54 Å². The molecule has 3 heterocycles. The molecule has 5 rings (SSSR count). The standard InChI is InChI=1S/C30H31FN6.C9H4/c1-4-17-36(3)20-22-15-18-37-27(19-22)35-28(24-10-12-25(31)13-11-24)29(37)26-14-16-32-30(34-26)33-21(2)23-8-6-5-7-9-23;1-3-5-7-9-8-6-4-2/h5-16,18-19,21H,4,17,20H2,1-3H3,(H,32,33,34);1H,2H3/t21-;/m0./s1. The molecule has 3 aromatic heterocycles. The van der Waals surface area contributed by atoms with Gasteiger partial charge in [0.05, 0.1) is 23.1 Å². The maximum atomic E-state index is 13.7. The van der Waals surface area contributed by atoms with Crippen LogP contribution in [0.4, 0.5) is 10.3 Å². The number of pyridine rings is 1. The zero-order chi connectivity index (χ0) is 32.7. The first-order valence-electron chi connectivity index (χ1n) is 14.9. The molecular weight excluding hydrogens is 571 g/mol. The van der Waals surface area contributed by atoms with Gasteiger partial charge in [-0.15, -0.1) is 6.42 Å². The minimum atomic E-state index is -0.279. The van der Waals surface area contributed by atoms with Gasteiger partial charge in [0.2, 0.25) is 5.95 Å². The lowest BCUT2D eigenvalue weighted by molar-refractivity contribution is 0.327. The van der Waals surface area contributed by atoms with E-state index >= 15 is 0 Å². The van der Waals surface area contributed by atoms with E-state index in [-0.39, 0.29) is 11.9 Å². The lowest BCUT2D eigenvalue weighted by atomic mass is 10.1. The van der Waals surface area contributed by atoms with Crippen molar-refractivity contribution < 1.29 is 4.39 Å². The zero-order valence-electron chi connectivity index (χ0n) is 26.5. The van der Waals surface area contributed by atoms with Gasteiger partial charge in [-0.25, -0.2) is 19.3 Å². The Balaban J connectivity index is 0.000000468. The molecule has 0 aliphatic rings. The van der Waals surface area contributed by atoms with Crippen molar-refractivity contribution >= 4 is 11.6 Å². The number of fused-ring (bicyclic) bond motifs is 1. The van der Waals surface area contributed by atoms with Crippen LogP contribution >= 0.6 is 0 Å². The fourth-order valence-electron chi connectivity index (χ4n) is 4.78. The number of anilines is 1. The first-order valence-corrected chi connectivity index (χ1v) is 14.9. The van der Waals surface area contributed by atoms with E-state index in [9.17, 15) is 4.39 Å². The van der Waals surface area contributed by atoms with Crippen LogP contribution in [0.5, 0.6) is 0 Å². The van der Waals surface area contributed by atoms with Crippen LogP contribution < -0.4 is 5.32 Å². The van der Waals surface area contributed by atoms with Gasteiger partial charge in [0.25, 0.3) is 0 Å². The van der Waals surface area contributed by atoms with Crippen molar-refractivity contribution in [2.24, 2.45) is 0 Å². The Morgan fingerprint density at radius 1 is 0.957 bits per heavy atom. The number of aromatic nitrogens is 4. The summed E-state index contributed by atoms with van der Waals surface area (Å²) in [5.41, 5.74) is 6.32. The highest BCUT2D eigenvalue weighted by Gasteiger charge is 2.19. The summed E-state index contributed by atoms with van der Waals surface area (Å²) in [4.78, 5) is 16.6. The van der Waals surface area contributed by atoms with Crippen molar-refractivity contribution in [2.45, 2.75) is 39.8 Å². The van der Waals surface area contributed by atoms with Crippen molar-refractivity contribution in [3.63, 3.8) is 0 Å². The molecule has 5 aromatic rings. The molecule has 2 aromatic carbocycles. The molecule has 46 heavy (non-hydrogen) atoms. The summed E-state index contributed by atoms with van der Waals surface area (Å²) in [5.74, 6) is 17.2. The summed E-state index contributed by atoms with van der Waals surface area (Å²) in [6, 6.07) is 22.8. The zero-order valence-corrected chi connectivity index (χ0v) is 26.5. The molecule has 0 saturated carbocycles. The van der Waals surface area contributed by atoms with E-state index in [1.807, 2.05) is 30.5 Å². The third-order valence-electron chi connectivity index (χ3n) is 6.86. The normalized spacial score (nSPS) is 10.5. The SMILES string of the molecule is C#CC#CC#CC#CC.CCCN(C)Cc1ccn2c(-c3ccnc(N[C@@H](C)c4ccccc4)n3)c(-c3ccc(F)cc3)nc2c1. The number of halogens is 1. The average molecular weight is 607 g/mol. The third-order valence-corrected chi connectivity index (χ3v) is 6.86. The molecule has 0 unspecified atom stereocenters. The fraction of sp³-hybridized carbons (Fsp3) is 0.205. The number of hydrogen-bond acceptors (Lipinski definition) is 5. The van der Waals surface area contributed by atoms with Crippen molar-refractivity contribution in [1.82, 2.24) is 24.3 Å². The van der Waals surface area contributed by atoms with Gasteiger partial charge in [-0.05, 0) is 123 Å². The Kier molecular flexibility index (Phi) is 12.1. The Morgan fingerprint density at radius 3 is 2.41 bits per heavy atom. The third kappa shape index (κ3) is 9.07. The molecule has 0 spiro atoms. The van der Waals surface area contributed by atoms with Crippen LogP contribution in [-0.4, -0.2) is 37.8 Å². The van der Waals surface area contributed by atoms with E-state index in [2.05, 4.69) is 106 Å². The molecule has 6 nitrogen and oxygen atoms in total. The number of terminal acetylenes is 1. The van der Waals surface area contributed by atoms with Crippen molar-refractivity contribution in [1.29, 1.82) is 0 Å². The van der Waals surface area contributed by atoms with Crippen molar-refractivity contribution in [3.8, 4) is 70.5 Å². The summed E-state index contributed by atoms with van der Waals surface area (Å²) < 4.78 is 15.8. The van der Waals surface area contributed by atoms with Crippen molar-refractivity contribution in [3.05, 3.63) is 102 Å². The molecule has 0 aliphatic heterocycles. The molecule has 0 fully saturated rings. The number of hydrogen-bond donors (Lipinski definition) is 1. The monoisotopic (exact) mass is 606 g/mol. The van der Waals surface area contributed by atoms with Gasteiger partial charge in [0.1, 0.15) is 11.5 Å². The maximum absolute atomic E-state index is 13.7. The first-order chi connectivity index (χ1) is 22.4. The van der Waals surface area contributed by atoms with E-state index in [4.69, 9.17) is 16.4 Å². The maximum Gasteiger partial charge on any atom is 0.223 e. The Bertz CT molecular complexity index is 1990. The highest BCUT2D eigenvalue weighted by molar-refractivity contribution is 5.80. The van der Waals surface area contributed by atoms with Gasteiger partial charge in [0.15, 0.2) is 0 Å². The Hall–Kier alpha value is -5.86. The number of benzene rings is 2. The van der Waals surface area contributed by atoms with E-state index < -0.39 is 0 Å². The van der Waals surface area contributed by atoms with Gasteiger partial charge >= 0.3 is 0 Å². The van der Waals surface area contributed by atoms with E-state index in [1.165, 1.54) is 17.7 Å². The van der Waals surface area contributed by atoms with Crippen LogP contribution in [0.15, 0.2) is 85.2 Å². The highest BCUT2D eigenvalue weighted by Crippen LogP contribution is 2.33. The van der Waals surface area contributed by atoms with Crippen LogP contribution in [0.2, 0.25) is 0 Å². The summed E-state index contributed by atoms with van der Waals surface area (Å²) in [6.07, 6.45) is 9.72. The highest BCUT2D eigenvalue weighted by atomic mass is 19.1. The Morgan fingerprint density at radius 2 is 1.70 bits per heavy atom. The van der Waals surface area contributed by atoms with Gasteiger partial charge in [-0.2, -0.15) is 0 Å². The molecule has 0 aliphatic carbocycles. The lowest BCUT2D eigenvalue weighted by Crippen LogP contribution is -2.18. The van der Waals surface area contributed by atoms with Crippen LogP contribution in [0.25, 0.3) is 28.3 Å². The number of nitrogens with one attached hydrogen (secondary N) is 1.